The van der Waals surface area contributed by atoms with E-state index in [9.17, 15) is 4.79 Å². The van der Waals surface area contributed by atoms with E-state index in [1.807, 2.05) is 30.3 Å². The van der Waals surface area contributed by atoms with E-state index >= 15 is 0 Å². The monoisotopic (exact) mass is 222 g/mol. The van der Waals surface area contributed by atoms with Crippen molar-refractivity contribution in [2.24, 2.45) is 5.73 Å². The first-order valence-electron chi connectivity index (χ1n) is 5.62. The molecule has 1 aromatic heterocycles. The van der Waals surface area contributed by atoms with Crippen molar-refractivity contribution in [1.82, 2.24) is 15.2 Å². The van der Waals surface area contributed by atoms with Gasteiger partial charge in [-0.1, -0.05) is 0 Å². The zero-order valence-corrected chi connectivity index (χ0v) is 9.44. The van der Waals surface area contributed by atoms with Gasteiger partial charge in [-0.25, -0.2) is 4.79 Å². The molecule has 0 aliphatic carbocycles. The molecule has 88 valence electrons. The van der Waals surface area contributed by atoms with Crippen LogP contribution >= 0.6 is 0 Å². The van der Waals surface area contributed by atoms with E-state index < -0.39 is 0 Å². The van der Waals surface area contributed by atoms with Gasteiger partial charge in [-0.3, -0.25) is 0 Å². The SMILES string of the molecule is CC(CCN)N1CC(c2cc[nH]c2)NC1=O. The molecule has 0 aromatic carbocycles. The average Bonchev–Trinajstić information content (AvgIpc) is 2.86. The molecule has 1 aliphatic rings. The lowest BCUT2D eigenvalue weighted by Crippen LogP contribution is -2.37. The summed E-state index contributed by atoms with van der Waals surface area (Å²) < 4.78 is 0. The maximum Gasteiger partial charge on any atom is 0.318 e. The number of H-pyrrole nitrogens is 1. The summed E-state index contributed by atoms with van der Waals surface area (Å²) >= 11 is 0. The molecule has 2 heterocycles. The summed E-state index contributed by atoms with van der Waals surface area (Å²) in [5.74, 6) is 0. The van der Waals surface area contributed by atoms with Crippen LogP contribution in [0.3, 0.4) is 0 Å². The Balaban J connectivity index is 2.02. The van der Waals surface area contributed by atoms with Crippen LogP contribution in [0.4, 0.5) is 4.79 Å². The van der Waals surface area contributed by atoms with E-state index in [2.05, 4.69) is 10.3 Å². The number of aromatic amines is 1. The number of hydrogen-bond acceptors (Lipinski definition) is 2. The zero-order valence-electron chi connectivity index (χ0n) is 9.44. The van der Waals surface area contributed by atoms with E-state index in [-0.39, 0.29) is 18.1 Å². The highest BCUT2D eigenvalue weighted by Crippen LogP contribution is 2.21. The fourth-order valence-corrected chi connectivity index (χ4v) is 2.08. The van der Waals surface area contributed by atoms with Crippen LogP contribution in [0.1, 0.15) is 24.9 Å². The van der Waals surface area contributed by atoms with Crippen molar-refractivity contribution in [1.29, 1.82) is 0 Å². The molecule has 1 aromatic rings. The van der Waals surface area contributed by atoms with Gasteiger partial charge in [-0.2, -0.15) is 0 Å². The quantitative estimate of drug-likeness (QED) is 0.705. The number of carbonyl (C=O) groups is 1. The highest BCUT2D eigenvalue weighted by Gasteiger charge is 2.32. The maximum atomic E-state index is 11.8. The normalized spacial score (nSPS) is 22.2. The molecule has 2 amide bonds. The zero-order chi connectivity index (χ0) is 11.5. The number of nitrogens with zero attached hydrogens (tertiary/aromatic N) is 1. The second-order valence-electron chi connectivity index (χ2n) is 4.23. The summed E-state index contributed by atoms with van der Waals surface area (Å²) in [4.78, 5) is 16.6. The lowest BCUT2D eigenvalue weighted by Gasteiger charge is -2.22. The molecule has 5 heteroatoms. The molecule has 1 fully saturated rings. The highest BCUT2D eigenvalue weighted by molar-refractivity contribution is 5.77. The van der Waals surface area contributed by atoms with Crippen LogP contribution in [0.25, 0.3) is 0 Å². The van der Waals surface area contributed by atoms with Crippen LogP contribution in [-0.4, -0.2) is 35.0 Å². The summed E-state index contributed by atoms with van der Waals surface area (Å²) in [7, 11) is 0. The van der Waals surface area contributed by atoms with Gasteiger partial charge in [0.05, 0.1) is 6.04 Å². The minimum absolute atomic E-state index is 0.00662. The van der Waals surface area contributed by atoms with Crippen LogP contribution in [0.2, 0.25) is 0 Å². The lowest BCUT2D eigenvalue weighted by molar-refractivity contribution is 0.199. The number of carbonyl (C=O) groups excluding carboxylic acids is 1. The van der Waals surface area contributed by atoms with Gasteiger partial charge in [0, 0.05) is 25.0 Å². The molecule has 0 radical (unpaired) electrons. The molecule has 1 aliphatic heterocycles. The Labute approximate surface area is 95.0 Å². The lowest BCUT2D eigenvalue weighted by atomic mass is 10.1. The Hall–Kier alpha value is -1.49. The predicted molar refractivity (Wildman–Crippen MR) is 61.9 cm³/mol. The Morgan fingerprint density at radius 1 is 1.69 bits per heavy atom. The molecular formula is C11H18N4O. The summed E-state index contributed by atoms with van der Waals surface area (Å²) in [6.45, 7) is 3.36. The summed E-state index contributed by atoms with van der Waals surface area (Å²) in [5.41, 5.74) is 6.63. The van der Waals surface area contributed by atoms with Crippen molar-refractivity contribution in [3.63, 3.8) is 0 Å². The number of rotatable bonds is 4. The van der Waals surface area contributed by atoms with Gasteiger partial charge >= 0.3 is 6.03 Å². The number of hydrogen-bond donors (Lipinski definition) is 3. The van der Waals surface area contributed by atoms with Crippen molar-refractivity contribution in [3.05, 3.63) is 24.0 Å². The van der Waals surface area contributed by atoms with Crippen molar-refractivity contribution in [2.45, 2.75) is 25.4 Å². The number of urea groups is 1. The smallest absolute Gasteiger partial charge is 0.318 e. The molecule has 0 bridgehead atoms. The standard InChI is InChI=1S/C11H18N4O/c1-8(2-4-12)15-7-10(14-11(15)16)9-3-5-13-6-9/h3,5-6,8,10,13H,2,4,7,12H2,1H3,(H,14,16). The second kappa shape index (κ2) is 4.57. The minimum atomic E-state index is 0.00662. The van der Waals surface area contributed by atoms with Gasteiger partial charge in [0.1, 0.15) is 0 Å². The fourth-order valence-electron chi connectivity index (χ4n) is 2.08. The number of nitrogens with two attached hydrogens (primary N) is 1. The third-order valence-electron chi connectivity index (χ3n) is 3.08. The third kappa shape index (κ3) is 2.04. The first kappa shape index (κ1) is 11.0. The maximum absolute atomic E-state index is 11.8. The Kier molecular flexibility index (Phi) is 3.14. The van der Waals surface area contributed by atoms with Crippen LogP contribution in [-0.2, 0) is 0 Å². The first-order chi connectivity index (χ1) is 7.72. The van der Waals surface area contributed by atoms with E-state index in [1.54, 1.807) is 0 Å². The van der Waals surface area contributed by atoms with Gasteiger partial charge in [0.2, 0.25) is 0 Å². The Bertz CT molecular complexity index is 349. The number of aromatic nitrogens is 1. The molecule has 5 nitrogen and oxygen atoms in total. The minimum Gasteiger partial charge on any atom is -0.367 e. The molecular weight excluding hydrogens is 204 g/mol. The molecule has 1 saturated heterocycles. The number of nitrogens with one attached hydrogen (secondary N) is 2. The highest BCUT2D eigenvalue weighted by atomic mass is 16.2. The Morgan fingerprint density at radius 3 is 3.12 bits per heavy atom. The summed E-state index contributed by atoms with van der Waals surface area (Å²) in [6, 6.07) is 2.29. The van der Waals surface area contributed by atoms with Crippen LogP contribution in [0.15, 0.2) is 18.5 Å². The number of amides is 2. The van der Waals surface area contributed by atoms with Crippen molar-refractivity contribution in [2.75, 3.05) is 13.1 Å². The second-order valence-corrected chi connectivity index (χ2v) is 4.23. The molecule has 2 rings (SSSR count). The summed E-state index contributed by atoms with van der Waals surface area (Å²) in [6.07, 6.45) is 4.63. The first-order valence-corrected chi connectivity index (χ1v) is 5.62. The fraction of sp³-hybridized carbons (Fsp3) is 0.545. The average molecular weight is 222 g/mol. The largest absolute Gasteiger partial charge is 0.367 e. The molecule has 0 saturated carbocycles. The predicted octanol–water partition coefficient (Wildman–Crippen LogP) is 0.818. The topological polar surface area (TPSA) is 74.2 Å². The molecule has 2 atom stereocenters. The molecule has 4 N–H and O–H groups in total. The van der Waals surface area contributed by atoms with E-state index in [0.717, 1.165) is 18.5 Å². The van der Waals surface area contributed by atoms with E-state index in [4.69, 9.17) is 5.73 Å². The van der Waals surface area contributed by atoms with Gasteiger partial charge in [-0.15, -0.1) is 0 Å². The van der Waals surface area contributed by atoms with Crippen molar-refractivity contribution < 1.29 is 4.79 Å². The van der Waals surface area contributed by atoms with Crippen LogP contribution in [0.5, 0.6) is 0 Å². The van der Waals surface area contributed by atoms with E-state index in [0.29, 0.717) is 6.54 Å². The van der Waals surface area contributed by atoms with Crippen molar-refractivity contribution >= 4 is 6.03 Å². The van der Waals surface area contributed by atoms with Gasteiger partial charge < -0.3 is 20.9 Å². The Morgan fingerprint density at radius 2 is 2.50 bits per heavy atom. The van der Waals surface area contributed by atoms with Crippen LogP contribution < -0.4 is 11.1 Å². The third-order valence-corrected chi connectivity index (χ3v) is 3.08. The molecule has 2 unspecified atom stereocenters. The van der Waals surface area contributed by atoms with Gasteiger partial charge in [-0.05, 0) is 31.5 Å². The summed E-state index contributed by atoms with van der Waals surface area (Å²) in [5, 5.41) is 2.97. The van der Waals surface area contributed by atoms with Gasteiger partial charge in [0.15, 0.2) is 0 Å². The van der Waals surface area contributed by atoms with E-state index in [1.165, 1.54) is 0 Å². The van der Waals surface area contributed by atoms with Crippen molar-refractivity contribution in [3.8, 4) is 0 Å². The van der Waals surface area contributed by atoms with Crippen LogP contribution in [0, 0.1) is 0 Å². The molecule has 16 heavy (non-hydrogen) atoms. The van der Waals surface area contributed by atoms with Gasteiger partial charge in [0.25, 0.3) is 0 Å². The molecule has 0 spiro atoms.